The molecule has 3 saturated heterocycles. The molecular weight excluding hydrogens is 562 g/mol. The van der Waals surface area contributed by atoms with Crippen LogP contribution in [0.15, 0.2) is 67.8 Å². The summed E-state index contributed by atoms with van der Waals surface area (Å²) in [6.45, 7) is 10.8. The summed E-state index contributed by atoms with van der Waals surface area (Å²) in [5.41, 5.74) is -0.602. The lowest BCUT2D eigenvalue weighted by atomic mass is 9.70. The Bertz CT molecular complexity index is 1460. The zero-order chi connectivity index (χ0) is 31.6. The Morgan fingerprint density at radius 2 is 1.93 bits per heavy atom. The first-order valence-corrected chi connectivity index (χ1v) is 15.3. The number of aliphatic hydroxyl groups excluding tert-OH is 1. The quantitative estimate of drug-likeness (QED) is 0.266. The van der Waals surface area contributed by atoms with Gasteiger partial charge in [-0.25, -0.2) is 0 Å². The zero-order valence-corrected chi connectivity index (χ0v) is 25.3. The molecule has 3 amide bonds. The van der Waals surface area contributed by atoms with E-state index in [1.54, 1.807) is 30.9 Å². The van der Waals surface area contributed by atoms with E-state index in [2.05, 4.69) is 18.5 Å². The number of nitrogens with zero attached hydrogens (tertiary/aromatic N) is 2. The number of esters is 1. The SMILES string of the molecule is C=CCCC(=O)NC[C@@H](C)OC(=O)[C@@H]1[C@@H]2CC[C@]3(O2)[C@H](C(=O)N(CC=C)c2ccc4ccccc4c2)N([C@H](C)CO)C(=O)[C@@H]13. The highest BCUT2D eigenvalue weighted by Crippen LogP contribution is 2.59. The van der Waals surface area contributed by atoms with Crippen molar-refractivity contribution >= 4 is 40.2 Å². The minimum atomic E-state index is -1.25. The number of aliphatic hydroxyl groups is 1. The summed E-state index contributed by atoms with van der Waals surface area (Å²) in [5, 5.41) is 14.9. The summed E-state index contributed by atoms with van der Waals surface area (Å²) in [4.78, 5) is 57.4. The molecule has 0 radical (unpaired) electrons. The van der Waals surface area contributed by atoms with Gasteiger partial charge in [-0.05, 0) is 56.0 Å². The Balaban J connectivity index is 1.43. The van der Waals surface area contributed by atoms with Crippen molar-refractivity contribution in [2.24, 2.45) is 11.8 Å². The van der Waals surface area contributed by atoms with Crippen molar-refractivity contribution in [1.82, 2.24) is 10.2 Å². The number of hydrogen-bond acceptors (Lipinski definition) is 7. The highest BCUT2D eigenvalue weighted by Gasteiger charge is 2.75. The molecular formula is C34H41N3O7. The van der Waals surface area contributed by atoms with Crippen LogP contribution in [-0.2, 0) is 28.7 Å². The lowest BCUT2D eigenvalue weighted by Gasteiger charge is -2.38. The third-order valence-corrected chi connectivity index (χ3v) is 9.09. The Kier molecular flexibility index (Phi) is 9.22. The van der Waals surface area contributed by atoms with E-state index < -0.39 is 53.6 Å². The number of amides is 3. The van der Waals surface area contributed by atoms with Crippen LogP contribution in [0, 0.1) is 11.8 Å². The smallest absolute Gasteiger partial charge is 0.312 e. The first kappa shape index (κ1) is 31.4. The second-order valence-electron chi connectivity index (χ2n) is 12.0. The maximum atomic E-state index is 14.6. The number of nitrogens with one attached hydrogen (secondary N) is 1. The summed E-state index contributed by atoms with van der Waals surface area (Å²) in [5.74, 6) is -3.38. The molecule has 2 N–H and O–H groups in total. The van der Waals surface area contributed by atoms with E-state index in [0.717, 1.165) is 10.8 Å². The van der Waals surface area contributed by atoms with Crippen LogP contribution < -0.4 is 10.2 Å². The van der Waals surface area contributed by atoms with E-state index in [4.69, 9.17) is 9.47 Å². The van der Waals surface area contributed by atoms with Gasteiger partial charge in [0.25, 0.3) is 5.91 Å². The van der Waals surface area contributed by atoms with Crippen LogP contribution in [0.2, 0.25) is 0 Å². The predicted octanol–water partition coefficient (Wildman–Crippen LogP) is 3.13. The Morgan fingerprint density at radius 1 is 1.18 bits per heavy atom. The zero-order valence-electron chi connectivity index (χ0n) is 25.3. The summed E-state index contributed by atoms with van der Waals surface area (Å²) < 4.78 is 12.2. The van der Waals surface area contributed by atoms with Crippen molar-refractivity contribution in [3.05, 3.63) is 67.8 Å². The molecule has 0 unspecified atom stereocenters. The van der Waals surface area contributed by atoms with E-state index in [1.165, 1.54) is 4.90 Å². The van der Waals surface area contributed by atoms with E-state index in [0.29, 0.717) is 24.9 Å². The molecule has 0 aliphatic carbocycles. The molecule has 10 nitrogen and oxygen atoms in total. The van der Waals surface area contributed by atoms with Crippen LogP contribution >= 0.6 is 0 Å². The molecule has 44 heavy (non-hydrogen) atoms. The van der Waals surface area contributed by atoms with Gasteiger partial charge in [0.15, 0.2) is 0 Å². The molecule has 0 saturated carbocycles. The van der Waals surface area contributed by atoms with Crippen molar-refractivity contribution in [2.75, 3.05) is 24.6 Å². The third kappa shape index (κ3) is 5.52. The van der Waals surface area contributed by atoms with Crippen molar-refractivity contribution in [2.45, 2.75) is 69.4 Å². The first-order valence-electron chi connectivity index (χ1n) is 15.3. The first-order chi connectivity index (χ1) is 21.2. The number of likely N-dealkylation sites (tertiary alicyclic amines) is 1. The van der Waals surface area contributed by atoms with Gasteiger partial charge in [-0.3, -0.25) is 19.2 Å². The van der Waals surface area contributed by atoms with Gasteiger partial charge in [0.1, 0.15) is 17.7 Å². The van der Waals surface area contributed by atoms with E-state index in [-0.39, 0.29) is 37.9 Å². The molecule has 2 aromatic rings. The van der Waals surface area contributed by atoms with Crippen LogP contribution in [-0.4, -0.2) is 83.3 Å². The van der Waals surface area contributed by atoms with Crippen LogP contribution in [0.1, 0.15) is 39.5 Å². The number of fused-ring (bicyclic) bond motifs is 2. The van der Waals surface area contributed by atoms with Gasteiger partial charge in [-0.1, -0.05) is 42.5 Å². The molecule has 0 aromatic heterocycles. The Morgan fingerprint density at radius 3 is 2.64 bits per heavy atom. The van der Waals surface area contributed by atoms with Gasteiger partial charge < -0.3 is 29.7 Å². The summed E-state index contributed by atoms with van der Waals surface area (Å²) in [7, 11) is 0. The van der Waals surface area contributed by atoms with Gasteiger partial charge in [0, 0.05) is 18.7 Å². The fraction of sp³-hybridized carbons (Fsp3) is 0.471. The maximum absolute atomic E-state index is 14.6. The fourth-order valence-electron chi connectivity index (χ4n) is 7.04. The Hall–Kier alpha value is -4.02. The predicted molar refractivity (Wildman–Crippen MR) is 165 cm³/mol. The number of hydrogen-bond donors (Lipinski definition) is 2. The van der Waals surface area contributed by atoms with E-state index >= 15 is 0 Å². The minimum absolute atomic E-state index is 0.126. The highest BCUT2D eigenvalue weighted by atomic mass is 16.6. The lowest BCUT2D eigenvalue weighted by Crippen LogP contribution is -2.58. The second kappa shape index (κ2) is 12.9. The Labute approximate surface area is 257 Å². The number of carbonyl (C=O) groups is 4. The maximum Gasteiger partial charge on any atom is 0.312 e. The number of ether oxygens (including phenoxy) is 2. The molecule has 3 heterocycles. The van der Waals surface area contributed by atoms with Crippen LogP contribution in [0.4, 0.5) is 5.69 Å². The van der Waals surface area contributed by atoms with Gasteiger partial charge in [-0.15, -0.1) is 13.2 Å². The molecule has 10 heteroatoms. The molecule has 3 aliphatic rings. The number of benzene rings is 2. The lowest BCUT2D eigenvalue weighted by molar-refractivity contribution is -0.159. The van der Waals surface area contributed by atoms with Crippen LogP contribution in [0.5, 0.6) is 0 Å². The van der Waals surface area contributed by atoms with Gasteiger partial charge in [-0.2, -0.15) is 0 Å². The third-order valence-electron chi connectivity index (χ3n) is 9.09. The number of rotatable bonds is 13. The van der Waals surface area contributed by atoms with Crippen LogP contribution in [0.25, 0.3) is 10.8 Å². The molecule has 7 atom stereocenters. The van der Waals surface area contributed by atoms with Gasteiger partial charge in [0.2, 0.25) is 11.8 Å². The van der Waals surface area contributed by atoms with E-state index in [9.17, 15) is 24.3 Å². The van der Waals surface area contributed by atoms with Crippen molar-refractivity contribution in [3.63, 3.8) is 0 Å². The van der Waals surface area contributed by atoms with Crippen molar-refractivity contribution in [1.29, 1.82) is 0 Å². The topological polar surface area (TPSA) is 125 Å². The van der Waals surface area contributed by atoms with Crippen LogP contribution in [0.3, 0.4) is 0 Å². The summed E-state index contributed by atoms with van der Waals surface area (Å²) in [6, 6.07) is 11.8. The van der Waals surface area contributed by atoms with E-state index in [1.807, 2.05) is 42.5 Å². The molecule has 2 bridgehead atoms. The largest absolute Gasteiger partial charge is 0.460 e. The average molecular weight is 604 g/mol. The minimum Gasteiger partial charge on any atom is -0.460 e. The van der Waals surface area contributed by atoms with Gasteiger partial charge in [0.05, 0.1) is 37.1 Å². The molecule has 234 valence electrons. The average Bonchev–Trinajstić information content (AvgIpc) is 3.68. The molecule has 5 rings (SSSR count). The number of allylic oxidation sites excluding steroid dienone is 1. The standard InChI is InChI=1S/C34H41N3O7/c1-5-7-12-27(39)35-19-22(4)43-33(42)28-26-15-16-34(44-26)29(28)31(40)37(21(3)20-38)30(34)32(41)36(17-6-2)25-14-13-23-10-8-9-11-24(23)18-25/h5-6,8-11,13-14,18,21-22,26,28-30,38H,1-2,7,12,15-17,19-20H2,3-4H3,(H,35,39)/t21-,22-,26+,28-,29-,30+,34-/m1/s1. The molecule has 3 fully saturated rings. The molecule has 2 aromatic carbocycles. The van der Waals surface area contributed by atoms with Crippen molar-refractivity contribution in [3.8, 4) is 0 Å². The molecule has 1 spiro atoms. The monoisotopic (exact) mass is 603 g/mol. The fourth-order valence-corrected chi connectivity index (χ4v) is 7.04. The van der Waals surface area contributed by atoms with Crippen molar-refractivity contribution < 1.29 is 33.8 Å². The van der Waals surface area contributed by atoms with Gasteiger partial charge >= 0.3 is 5.97 Å². The number of anilines is 1. The normalized spacial score (nSPS) is 26.6. The second-order valence-corrected chi connectivity index (χ2v) is 12.0. The highest BCUT2D eigenvalue weighted by molar-refractivity contribution is 6.05. The number of carbonyl (C=O) groups excluding carboxylic acids is 4. The summed E-state index contributed by atoms with van der Waals surface area (Å²) in [6.07, 6.45) is 3.80. The molecule has 3 aliphatic heterocycles. The summed E-state index contributed by atoms with van der Waals surface area (Å²) >= 11 is 0.